The molecule has 9 aromatic rings. The first-order valence-electron chi connectivity index (χ1n) is 19.3. The van der Waals surface area contributed by atoms with Crippen molar-refractivity contribution in [2.75, 3.05) is 26.1 Å². The van der Waals surface area contributed by atoms with E-state index in [1.165, 1.54) is 0 Å². The van der Waals surface area contributed by atoms with Crippen molar-refractivity contribution in [2.24, 2.45) is 0 Å². The van der Waals surface area contributed by atoms with E-state index in [1.54, 1.807) is 0 Å². The Kier molecular flexibility index (Phi) is 9.06. The monoisotopic (exact) mass is 752 g/mol. The molecule has 0 aliphatic carbocycles. The van der Waals surface area contributed by atoms with Gasteiger partial charge in [0.15, 0.2) is 0 Å². The van der Waals surface area contributed by atoms with Gasteiger partial charge < -0.3 is 24.1 Å². The Labute approximate surface area is 328 Å². The molecule has 0 saturated heterocycles. The van der Waals surface area contributed by atoms with Gasteiger partial charge in [0.2, 0.25) is 0 Å². The molecule has 56 heavy (non-hydrogen) atoms. The summed E-state index contributed by atoms with van der Waals surface area (Å²) in [4.78, 5) is 0. The van der Waals surface area contributed by atoms with Gasteiger partial charge in [-0.3, -0.25) is 0 Å². The van der Waals surface area contributed by atoms with Crippen molar-refractivity contribution in [3.8, 4) is 50.9 Å². The third kappa shape index (κ3) is 5.99. The van der Waals surface area contributed by atoms with Crippen molar-refractivity contribution >= 4 is 51.5 Å². The molecule has 0 fully saturated rings. The number of hydrogen-bond donors (Lipinski definition) is 2. The van der Waals surface area contributed by atoms with Gasteiger partial charge in [-0.15, -0.1) is 7.92 Å². The van der Waals surface area contributed by atoms with Crippen LogP contribution in [-0.2, 0) is 0 Å². The Morgan fingerprint density at radius 2 is 0.821 bits per heavy atom. The first-order chi connectivity index (χ1) is 27.2. The van der Waals surface area contributed by atoms with Gasteiger partial charge in [-0.25, -0.2) is 0 Å². The fraction of sp³-hybridized carbons (Fsp3) is 0.160. The largest absolute Gasteiger partial charge is 0.505 e. The first kappa shape index (κ1) is 35.7. The van der Waals surface area contributed by atoms with Crippen molar-refractivity contribution in [3.63, 3.8) is 0 Å². The number of nitrogens with zero attached hydrogens (tertiary/aromatic N) is 2. The van der Waals surface area contributed by atoms with E-state index in [9.17, 15) is 10.2 Å². The third-order valence-electron chi connectivity index (χ3n) is 10.9. The molecule has 0 spiro atoms. The number of ether oxygens (including phenoxy) is 1. The predicted octanol–water partition coefficient (Wildman–Crippen LogP) is 13.1. The van der Waals surface area contributed by atoms with Crippen LogP contribution in [0.3, 0.4) is 0 Å². The highest BCUT2D eigenvalue weighted by Crippen LogP contribution is 2.50. The van der Waals surface area contributed by atoms with Crippen molar-refractivity contribution in [2.45, 2.75) is 27.2 Å². The molecule has 0 atom stereocenters. The van der Waals surface area contributed by atoms with E-state index in [4.69, 9.17) is 4.74 Å². The van der Waals surface area contributed by atoms with Gasteiger partial charge in [0.25, 0.3) is 0 Å². The normalized spacial score (nSPS) is 11.8. The summed E-state index contributed by atoms with van der Waals surface area (Å²) in [5.41, 5.74) is 11.5. The second-order valence-electron chi connectivity index (χ2n) is 15.3. The van der Waals surface area contributed by atoms with Gasteiger partial charge in [0.05, 0.1) is 40.0 Å². The van der Waals surface area contributed by atoms with Gasteiger partial charge in [-0.2, -0.15) is 0 Å². The molecular weight excluding hydrogens is 708 g/mol. The molecule has 0 saturated carbocycles. The van der Waals surface area contributed by atoms with Crippen LogP contribution >= 0.6 is 7.92 Å². The molecule has 6 heteroatoms. The van der Waals surface area contributed by atoms with Crippen LogP contribution in [0.2, 0.25) is 0 Å². The molecule has 0 radical (unpaired) electrons. The molecule has 5 nitrogen and oxygen atoms in total. The van der Waals surface area contributed by atoms with E-state index < -0.39 is 0 Å². The molecule has 2 aromatic heterocycles. The number of para-hydroxylation sites is 4. The van der Waals surface area contributed by atoms with E-state index >= 15 is 0 Å². The molecule has 2 heterocycles. The molecule has 0 unspecified atom stereocenters. The van der Waals surface area contributed by atoms with Crippen LogP contribution in [0.15, 0.2) is 133 Å². The Morgan fingerprint density at radius 3 is 1.20 bits per heavy atom. The maximum absolute atomic E-state index is 12.5. The first-order valence-corrected chi connectivity index (χ1v) is 21.7. The number of aromatic hydroxyl groups is 2. The SMILES string of the molecule is Cc1cc(-c2cc(C)cc(-n3c4ccccc4c4ccccc43)c2O)c(OCCCP(C)C)c(-c2cc(C)cc(-n3c4ccccc4c4ccccc43)c2O)c1. The highest BCUT2D eigenvalue weighted by molar-refractivity contribution is 7.55. The van der Waals surface area contributed by atoms with Crippen LogP contribution in [0.4, 0.5) is 0 Å². The van der Waals surface area contributed by atoms with Crippen LogP contribution in [0.1, 0.15) is 23.1 Å². The molecule has 7 aromatic carbocycles. The Morgan fingerprint density at radius 1 is 0.482 bits per heavy atom. The zero-order valence-electron chi connectivity index (χ0n) is 32.5. The van der Waals surface area contributed by atoms with E-state index in [0.29, 0.717) is 34.9 Å². The van der Waals surface area contributed by atoms with Crippen LogP contribution < -0.4 is 4.74 Å². The number of fused-ring (bicyclic) bond motifs is 6. The predicted molar refractivity (Wildman–Crippen MR) is 237 cm³/mol. The van der Waals surface area contributed by atoms with Crippen molar-refractivity contribution in [3.05, 3.63) is 150 Å². The summed E-state index contributed by atoms with van der Waals surface area (Å²) in [7, 11) is -0.0833. The Balaban J connectivity index is 1.29. The number of phenolic OH excluding ortho intramolecular Hbond substituents is 2. The van der Waals surface area contributed by atoms with E-state index in [0.717, 1.165) is 84.0 Å². The molecule has 2 N–H and O–H groups in total. The second kappa shape index (κ2) is 14.2. The average molecular weight is 753 g/mol. The van der Waals surface area contributed by atoms with Gasteiger partial charge in [-0.1, -0.05) is 72.8 Å². The van der Waals surface area contributed by atoms with Gasteiger partial charge >= 0.3 is 0 Å². The number of aryl methyl sites for hydroxylation is 3. The number of rotatable bonds is 9. The van der Waals surface area contributed by atoms with E-state index in [-0.39, 0.29) is 19.4 Å². The maximum Gasteiger partial charge on any atom is 0.147 e. The lowest BCUT2D eigenvalue weighted by Gasteiger charge is -2.22. The summed E-state index contributed by atoms with van der Waals surface area (Å²) in [6.07, 6.45) is 2.00. The lowest BCUT2D eigenvalue weighted by atomic mass is 9.91. The molecular formula is C50H45N2O3P. The number of aromatic nitrogens is 2. The summed E-state index contributed by atoms with van der Waals surface area (Å²) in [6, 6.07) is 45.9. The number of benzene rings is 7. The summed E-state index contributed by atoms with van der Waals surface area (Å²) < 4.78 is 11.2. The standard InChI is InChI=1S/C50H45N2O3P/c1-31-27-40(38-25-32(2)29-46(48(38)53)51-42-19-10-6-15-34(42)35-16-7-11-20-43(35)51)50(55-23-14-24-56(4)5)41(28-31)39-26-33(3)30-47(49(39)54)52-44-21-12-8-17-36(44)37-18-9-13-22-45(37)52/h6-13,15-22,25-30,53-54H,14,23-24H2,1-5H3. The van der Waals surface area contributed by atoms with Crippen LogP contribution in [0.5, 0.6) is 17.2 Å². The third-order valence-corrected chi connectivity index (χ3v) is 12.1. The van der Waals surface area contributed by atoms with Gasteiger partial charge in [0, 0.05) is 43.8 Å². The molecule has 0 bridgehead atoms. The summed E-state index contributed by atoms with van der Waals surface area (Å²) in [5.74, 6) is 0.998. The number of hydrogen-bond acceptors (Lipinski definition) is 3. The summed E-state index contributed by atoms with van der Waals surface area (Å²) >= 11 is 0. The van der Waals surface area contributed by atoms with Crippen molar-refractivity contribution < 1.29 is 14.9 Å². The topological polar surface area (TPSA) is 59.5 Å². The minimum absolute atomic E-state index is 0.0833. The van der Waals surface area contributed by atoms with Crippen molar-refractivity contribution in [1.29, 1.82) is 0 Å². The fourth-order valence-electron chi connectivity index (χ4n) is 8.52. The molecule has 0 amide bonds. The Bertz CT molecular complexity index is 2670. The minimum atomic E-state index is -0.0833. The molecule has 278 valence electrons. The van der Waals surface area contributed by atoms with Gasteiger partial charge in [-0.05, 0) is 124 Å². The summed E-state index contributed by atoms with van der Waals surface area (Å²) in [5, 5.41) is 29.6. The van der Waals surface area contributed by atoms with Crippen molar-refractivity contribution in [1.82, 2.24) is 9.13 Å². The zero-order valence-corrected chi connectivity index (χ0v) is 33.4. The number of phenols is 2. The summed E-state index contributed by atoms with van der Waals surface area (Å²) in [6.45, 7) is 11.3. The highest BCUT2D eigenvalue weighted by atomic mass is 31.1. The average Bonchev–Trinajstić information content (AvgIpc) is 3.71. The molecule has 0 aliphatic heterocycles. The van der Waals surface area contributed by atoms with Gasteiger partial charge in [0.1, 0.15) is 17.2 Å². The second-order valence-corrected chi connectivity index (χ2v) is 17.9. The quantitative estimate of drug-likeness (QED) is 0.114. The van der Waals surface area contributed by atoms with E-state index in [1.807, 2.05) is 24.3 Å². The fourth-order valence-corrected chi connectivity index (χ4v) is 9.28. The lowest BCUT2D eigenvalue weighted by molar-refractivity contribution is 0.320. The zero-order chi connectivity index (χ0) is 38.7. The van der Waals surface area contributed by atoms with Crippen LogP contribution in [-0.4, -0.2) is 45.4 Å². The minimum Gasteiger partial charge on any atom is -0.505 e. The molecule has 0 aliphatic rings. The molecule has 9 rings (SSSR count). The Hall–Kier alpha value is -6.03. The maximum atomic E-state index is 12.5. The highest BCUT2D eigenvalue weighted by Gasteiger charge is 2.25. The lowest BCUT2D eigenvalue weighted by Crippen LogP contribution is -2.04. The smallest absolute Gasteiger partial charge is 0.147 e. The van der Waals surface area contributed by atoms with E-state index in [2.05, 4.69) is 152 Å². The van der Waals surface area contributed by atoms with Crippen LogP contribution in [0, 0.1) is 20.8 Å². The van der Waals surface area contributed by atoms with Crippen LogP contribution in [0.25, 0.3) is 77.2 Å².